The number of carbonyl (C=O) groups is 1. The van der Waals surface area contributed by atoms with E-state index in [2.05, 4.69) is 40.1 Å². The van der Waals surface area contributed by atoms with Crippen LogP contribution >= 0.6 is 0 Å². The molecule has 4 heteroatoms. The highest BCUT2D eigenvalue weighted by atomic mass is 16.6. The van der Waals surface area contributed by atoms with Crippen molar-refractivity contribution < 1.29 is 9.53 Å². The second-order valence-electron chi connectivity index (χ2n) is 8.03. The molecule has 25 heavy (non-hydrogen) atoms. The third-order valence-electron chi connectivity index (χ3n) is 6.40. The fourth-order valence-corrected chi connectivity index (χ4v) is 4.83. The van der Waals surface area contributed by atoms with Gasteiger partial charge < -0.3 is 9.64 Å². The fourth-order valence-electron chi connectivity index (χ4n) is 4.83. The summed E-state index contributed by atoms with van der Waals surface area (Å²) in [7, 11) is 0. The van der Waals surface area contributed by atoms with Crippen molar-refractivity contribution in [1.82, 2.24) is 4.90 Å². The van der Waals surface area contributed by atoms with Crippen LogP contribution in [0.2, 0.25) is 0 Å². The van der Waals surface area contributed by atoms with Crippen LogP contribution in [0, 0.1) is 5.41 Å². The summed E-state index contributed by atoms with van der Waals surface area (Å²) in [4.78, 5) is 17.4. The van der Waals surface area contributed by atoms with Crippen molar-refractivity contribution in [3.05, 3.63) is 30.3 Å². The average Bonchev–Trinajstić information content (AvgIpc) is 2.97. The second kappa shape index (κ2) is 7.36. The monoisotopic (exact) mass is 342 g/mol. The van der Waals surface area contributed by atoms with Gasteiger partial charge in [0.2, 0.25) is 0 Å². The molecule has 0 bridgehead atoms. The van der Waals surface area contributed by atoms with Crippen LogP contribution < -0.4 is 4.90 Å². The summed E-state index contributed by atoms with van der Waals surface area (Å²) >= 11 is 0. The smallest absolute Gasteiger partial charge is 0.312 e. The van der Waals surface area contributed by atoms with E-state index < -0.39 is 0 Å². The van der Waals surface area contributed by atoms with E-state index in [1.54, 1.807) is 0 Å². The van der Waals surface area contributed by atoms with Crippen LogP contribution in [0.5, 0.6) is 0 Å². The van der Waals surface area contributed by atoms with Gasteiger partial charge in [0.1, 0.15) is 6.10 Å². The van der Waals surface area contributed by atoms with Crippen LogP contribution in [0.15, 0.2) is 30.3 Å². The first kappa shape index (κ1) is 16.9. The Labute approximate surface area is 151 Å². The maximum atomic E-state index is 12.4. The van der Waals surface area contributed by atoms with E-state index in [1.807, 2.05) is 0 Å². The van der Waals surface area contributed by atoms with Gasteiger partial charge in [-0.1, -0.05) is 37.5 Å². The van der Waals surface area contributed by atoms with Crippen LogP contribution in [0.1, 0.15) is 44.9 Å². The van der Waals surface area contributed by atoms with Crippen molar-refractivity contribution in [1.29, 1.82) is 0 Å². The number of hydrogen-bond donors (Lipinski definition) is 0. The van der Waals surface area contributed by atoms with Crippen molar-refractivity contribution in [2.45, 2.75) is 51.0 Å². The molecule has 1 saturated carbocycles. The van der Waals surface area contributed by atoms with Gasteiger partial charge in [-0.05, 0) is 31.4 Å². The number of ether oxygens (including phenoxy) is 1. The Morgan fingerprint density at radius 3 is 2.44 bits per heavy atom. The molecular formula is C21H30N2O2. The predicted molar refractivity (Wildman–Crippen MR) is 99.7 cm³/mol. The number of nitrogens with zero attached hydrogens (tertiary/aromatic N) is 2. The summed E-state index contributed by atoms with van der Waals surface area (Å²) in [6.07, 6.45) is 7.90. The zero-order chi connectivity index (χ0) is 17.1. The van der Waals surface area contributed by atoms with Crippen molar-refractivity contribution in [2.24, 2.45) is 5.41 Å². The highest BCUT2D eigenvalue weighted by molar-refractivity contribution is 5.79. The molecule has 0 N–H and O–H groups in total. The summed E-state index contributed by atoms with van der Waals surface area (Å²) in [5.74, 6) is 0.103. The number of carbonyl (C=O) groups excluding carboxylic acids is 1. The van der Waals surface area contributed by atoms with E-state index in [4.69, 9.17) is 4.74 Å². The van der Waals surface area contributed by atoms with E-state index in [0.717, 1.165) is 58.4 Å². The molecule has 0 radical (unpaired) electrons. The number of piperazine rings is 1. The lowest BCUT2D eigenvalue weighted by Crippen LogP contribution is -2.47. The lowest BCUT2D eigenvalue weighted by molar-refractivity contribution is -0.150. The largest absolute Gasteiger partial charge is 0.462 e. The first-order valence-corrected chi connectivity index (χ1v) is 9.99. The fraction of sp³-hybridized carbons (Fsp3) is 0.667. The molecule has 4 nitrogen and oxygen atoms in total. The maximum absolute atomic E-state index is 12.4. The first-order chi connectivity index (χ1) is 12.3. The summed E-state index contributed by atoms with van der Waals surface area (Å²) in [6, 6.07) is 10.7. The molecule has 3 aliphatic rings. The normalized spacial score (nSPS) is 26.8. The molecular weight excluding hydrogens is 312 g/mol. The molecule has 0 aromatic heterocycles. The van der Waals surface area contributed by atoms with Gasteiger partial charge in [0.05, 0.1) is 5.41 Å². The molecule has 2 saturated heterocycles. The van der Waals surface area contributed by atoms with Gasteiger partial charge in [-0.15, -0.1) is 0 Å². The number of hydrogen-bond acceptors (Lipinski definition) is 4. The van der Waals surface area contributed by atoms with Crippen LogP contribution in [-0.4, -0.2) is 49.7 Å². The zero-order valence-electron chi connectivity index (χ0n) is 15.2. The van der Waals surface area contributed by atoms with Crippen LogP contribution in [0.4, 0.5) is 5.69 Å². The molecule has 1 spiro atoms. The molecule has 4 rings (SSSR count). The van der Waals surface area contributed by atoms with Crippen LogP contribution in [-0.2, 0) is 9.53 Å². The molecule has 2 aliphatic heterocycles. The highest BCUT2D eigenvalue weighted by Gasteiger charge is 2.48. The van der Waals surface area contributed by atoms with Crippen LogP contribution in [0.25, 0.3) is 0 Å². The SMILES string of the molecule is O=C1O[C@@H](CCN2CCN(c3ccccc3)CC2)CC12CCCCC2. The van der Waals surface area contributed by atoms with Crippen LogP contribution in [0.3, 0.4) is 0 Å². The van der Waals surface area contributed by atoms with Crippen molar-refractivity contribution in [3.8, 4) is 0 Å². The highest BCUT2D eigenvalue weighted by Crippen LogP contribution is 2.46. The lowest BCUT2D eigenvalue weighted by Gasteiger charge is -2.36. The van der Waals surface area contributed by atoms with Gasteiger partial charge in [0.15, 0.2) is 0 Å². The Bertz CT molecular complexity index is 575. The molecule has 0 unspecified atom stereocenters. The number of rotatable bonds is 4. The molecule has 136 valence electrons. The zero-order valence-corrected chi connectivity index (χ0v) is 15.2. The van der Waals surface area contributed by atoms with E-state index in [1.165, 1.54) is 24.9 Å². The topological polar surface area (TPSA) is 32.8 Å². The summed E-state index contributed by atoms with van der Waals surface area (Å²) in [6.45, 7) is 5.41. The van der Waals surface area contributed by atoms with Gasteiger partial charge >= 0.3 is 5.97 Å². The number of para-hydroxylation sites is 1. The van der Waals surface area contributed by atoms with E-state index in [9.17, 15) is 4.79 Å². The molecule has 1 aliphatic carbocycles. The summed E-state index contributed by atoms with van der Waals surface area (Å²) < 4.78 is 5.76. The Hall–Kier alpha value is -1.55. The standard InChI is InChI=1S/C21H30N2O2/c24-20-21(10-5-2-6-11-21)17-19(25-20)9-12-22-13-15-23(16-14-22)18-7-3-1-4-8-18/h1,3-4,7-8,19H,2,5-6,9-17H2/t19-/m0/s1. The molecule has 2 heterocycles. The number of cyclic esters (lactones) is 1. The molecule has 3 fully saturated rings. The van der Waals surface area contributed by atoms with E-state index in [0.29, 0.717) is 0 Å². The second-order valence-corrected chi connectivity index (χ2v) is 8.03. The molecule has 1 aromatic carbocycles. The maximum Gasteiger partial charge on any atom is 0.312 e. The first-order valence-electron chi connectivity index (χ1n) is 9.99. The molecule has 1 aromatic rings. The minimum Gasteiger partial charge on any atom is -0.462 e. The number of anilines is 1. The lowest BCUT2D eigenvalue weighted by atomic mass is 9.72. The minimum absolute atomic E-state index is 0.103. The summed E-state index contributed by atoms with van der Waals surface area (Å²) in [5, 5.41) is 0. The van der Waals surface area contributed by atoms with Crippen molar-refractivity contribution in [3.63, 3.8) is 0 Å². The third-order valence-corrected chi connectivity index (χ3v) is 6.40. The third kappa shape index (κ3) is 3.69. The Morgan fingerprint density at radius 2 is 1.72 bits per heavy atom. The average molecular weight is 342 g/mol. The van der Waals surface area contributed by atoms with E-state index in [-0.39, 0.29) is 17.5 Å². The van der Waals surface area contributed by atoms with Gasteiger partial charge in [-0.3, -0.25) is 9.69 Å². The Morgan fingerprint density at radius 1 is 1.00 bits per heavy atom. The van der Waals surface area contributed by atoms with Gasteiger partial charge in [0.25, 0.3) is 0 Å². The van der Waals surface area contributed by atoms with Gasteiger partial charge in [-0.25, -0.2) is 0 Å². The number of benzene rings is 1. The van der Waals surface area contributed by atoms with Gasteiger partial charge in [-0.2, -0.15) is 0 Å². The number of esters is 1. The summed E-state index contributed by atoms with van der Waals surface area (Å²) in [5.41, 5.74) is 1.21. The van der Waals surface area contributed by atoms with Gasteiger partial charge in [0, 0.05) is 44.8 Å². The van der Waals surface area contributed by atoms with Crippen molar-refractivity contribution in [2.75, 3.05) is 37.6 Å². The van der Waals surface area contributed by atoms with E-state index >= 15 is 0 Å². The molecule has 0 amide bonds. The minimum atomic E-state index is -0.116. The van der Waals surface area contributed by atoms with Crippen molar-refractivity contribution >= 4 is 11.7 Å². The Kier molecular flexibility index (Phi) is 4.98. The predicted octanol–water partition coefficient (Wildman–Crippen LogP) is 3.46. The Balaban J connectivity index is 1.23. The molecule has 1 atom stereocenters. The quantitative estimate of drug-likeness (QED) is 0.785.